The molecule has 0 saturated heterocycles. The molecule has 2 heterocycles. The Balaban J connectivity index is 1.48. The van der Waals surface area contributed by atoms with E-state index in [-0.39, 0.29) is 0 Å². The van der Waals surface area contributed by atoms with Crippen LogP contribution in [0.15, 0.2) is 207 Å². The molecule has 270 valence electrons. The third-order valence-electron chi connectivity index (χ3n) is 11.2. The number of hydrogen-bond acceptors (Lipinski definition) is 0. The lowest BCUT2D eigenvalue weighted by atomic mass is 9.87. The molecule has 0 spiro atoms. The Bertz CT molecular complexity index is 3110. The van der Waals surface area contributed by atoms with E-state index < -0.39 is 0 Å². The molecule has 10 aromatic rings. The zero-order chi connectivity index (χ0) is 38.3. The Morgan fingerprint density at radius 3 is 1.44 bits per heavy atom. The van der Waals surface area contributed by atoms with Crippen LogP contribution in [0.25, 0.3) is 101 Å². The van der Waals surface area contributed by atoms with E-state index in [1.165, 1.54) is 49.5 Å². The monoisotopic (exact) mass is 728 g/mol. The predicted octanol–water partition coefficient (Wildman–Crippen LogP) is 15.1. The molecule has 8 aromatic carbocycles. The van der Waals surface area contributed by atoms with E-state index in [2.05, 4.69) is 229 Å². The second kappa shape index (κ2) is 14.3. The standard InChI is InChI=1S/C55H40N2/c1-3-21-46-48(4-2)56(44-32-19-30-42(36-44)38-22-9-5-10-23-38)55-52(46)50(40-26-13-7-14-27-40)51(41-28-15-8-16-29-41)54-53(55)47-34-17-18-35-49(47)57(54)45-33-20-31-43(37-45)39-24-11-6-12-25-39/h3-37H,2H2,1H3/b21-3-. The summed E-state index contributed by atoms with van der Waals surface area (Å²) in [7, 11) is 0. The smallest absolute Gasteiger partial charge is 0.0648 e. The van der Waals surface area contributed by atoms with Crippen molar-refractivity contribution in [3.63, 3.8) is 0 Å². The van der Waals surface area contributed by atoms with Gasteiger partial charge in [0.15, 0.2) is 0 Å². The van der Waals surface area contributed by atoms with Crippen LogP contribution in [0.3, 0.4) is 0 Å². The summed E-state index contributed by atoms with van der Waals surface area (Å²) in [5.74, 6) is 0. The molecule has 0 radical (unpaired) electrons. The molecule has 0 amide bonds. The van der Waals surface area contributed by atoms with Gasteiger partial charge < -0.3 is 9.13 Å². The zero-order valence-electron chi connectivity index (χ0n) is 31.8. The second-order valence-corrected chi connectivity index (χ2v) is 14.5. The quantitative estimate of drug-likeness (QED) is 0.147. The normalized spacial score (nSPS) is 11.6. The molecule has 0 bridgehead atoms. The topological polar surface area (TPSA) is 9.86 Å². The van der Waals surface area contributed by atoms with E-state index in [4.69, 9.17) is 0 Å². The van der Waals surface area contributed by atoms with Crippen molar-refractivity contribution in [3.8, 4) is 55.9 Å². The van der Waals surface area contributed by atoms with Crippen LogP contribution in [0.2, 0.25) is 0 Å². The molecule has 0 unspecified atom stereocenters. The summed E-state index contributed by atoms with van der Waals surface area (Å²) >= 11 is 0. The van der Waals surface area contributed by atoms with Gasteiger partial charge in [-0.2, -0.15) is 0 Å². The molecule has 0 atom stereocenters. The molecule has 0 aliphatic rings. The number of para-hydroxylation sites is 1. The van der Waals surface area contributed by atoms with Gasteiger partial charge in [-0.05, 0) is 76.7 Å². The van der Waals surface area contributed by atoms with Crippen LogP contribution in [0, 0.1) is 0 Å². The van der Waals surface area contributed by atoms with Crippen molar-refractivity contribution < 1.29 is 0 Å². The Morgan fingerprint density at radius 1 is 0.421 bits per heavy atom. The lowest BCUT2D eigenvalue weighted by Crippen LogP contribution is -2.00. The second-order valence-electron chi connectivity index (χ2n) is 14.5. The highest BCUT2D eigenvalue weighted by atomic mass is 15.0. The van der Waals surface area contributed by atoms with Crippen LogP contribution in [0.5, 0.6) is 0 Å². The number of aromatic nitrogens is 2. The fourth-order valence-electron chi connectivity index (χ4n) is 8.82. The Morgan fingerprint density at radius 2 is 0.895 bits per heavy atom. The van der Waals surface area contributed by atoms with Crippen LogP contribution in [-0.4, -0.2) is 9.13 Å². The average Bonchev–Trinajstić information content (AvgIpc) is 3.80. The van der Waals surface area contributed by atoms with Gasteiger partial charge >= 0.3 is 0 Å². The van der Waals surface area contributed by atoms with E-state index in [9.17, 15) is 0 Å². The minimum Gasteiger partial charge on any atom is -0.309 e. The van der Waals surface area contributed by atoms with Crippen LogP contribution in [0.1, 0.15) is 18.2 Å². The number of benzene rings is 8. The highest BCUT2D eigenvalue weighted by Gasteiger charge is 2.30. The van der Waals surface area contributed by atoms with Gasteiger partial charge in [-0.25, -0.2) is 0 Å². The summed E-state index contributed by atoms with van der Waals surface area (Å²) in [6.07, 6.45) is 6.47. The van der Waals surface area contributed by atoms with Crippen molar-refractivity contribution in [1.82, 2.24) is 9.13 Å². The molecule has 0 N–H and O–H groups in total. The third-order valence-corrected chi connectivity index (χ3v) is 11.2. The molecule has 2 nitrogen and oxygen atoms in total. The molecular formula is C55H40N2. The number of rotatable bonds is 8. The highest BCUT2D eigenvalue weighted by molar-refractivity contribution is 6.30. The van der Waals surface area contributed by atoms with E-state index in [0.29, 0.717) is 0 Å². The highest BCUT2D eigenvalue weighted by Crippen LogP contribution is 2.52. The first-order chi connectivity index (χ1) is 28.2. The van der Waals surface area contributed by atoms with Crippen molar-refractivity contribution in [2.75, 3.05) is 0 Å². The molecule has 10 rings (SSSR count). The number of allylic oxidation sites excluding steroid dienone is 1. The molecule has 0 fully saturated rings. The number of nitrogens with zero attached hydrogens (tertiary/aromatic N) is 2. The van der Waals surface area contributed by atoms with Gasteiger partial charge in [0.1, 0.15) is 0 Å². The molecule has 0 aliphatic carbocycles. The minimum absolute atomic E-state index is 1.06. The van der Waals surface area contributed by atoms with Gasteiger partial charge in [-0.3, -0.25) is 0 Å². The lowest BCUT2D eigenvalue weighted by molar-refractivity contribution is 1.11. The summed E-state index contributed by atoms with van der Waals surface area (Å²) in [5.41, 5.74) is 17.3. The maximum absolute atomic E-state index is 4.49. The molecular weight excluding hydrogens is 689 g/mol. The summed E-state index contributed by atoms with van der Waals surface area (Å²) in [4.78, 5) is 0. The van der Waals surface area contributed by atoms with Crippen LogP contribution >= 0.6 is 0 Å². The average molecular weight is 729 g/mol. The first-order valence-electron chi connectivity index (χ1n) is 19.6. The van der Waals surface area contributed by atoms with Crippen LogP contribution in [-0.2, 0) is 0 Å². The number of hydrogen-bond donors (Lipinski definition) is 0. The molecule has 2 aromatic heterocycles. The summed E-state index contributed by atoms with van der Waals surface area (Å²) in [5, 5.41) is 3.60. The zero-order valence-corrected chi connectivity index (χ0v) is 31.8. The van der Waals surface area contributed by atoms with E-state index in [0.717, 1.165) is 50.4 Å². The maximum atomic E-state index is 4.49. The molecule has 0 saturated carbocycles. The van der Waals surface area contributed by atoms with Gasteiger partial charge in [0.2, 0.25) is 0 Å². The maximum Gasteiger partial charge on any atom is 0.0648 e. The van der Waals surface area contributed by atoms with Crippen molar-refractivity contribution in [2.24, 2.45) is 0 Å². The van der Waals surface area contributed by atoms with Gasteiger partial charge in [-0.1, -0.05) is 183 Å². The Labute approximate surface area is 333 Å². The van der Waals surface area contributed by atoms with E-state index >= 15 is 0 Å². The number of fused-ring (bicyclic) bond motifs is 5. The molecule has 0 aliphatic heterocycles. The van der Waals surface area contributed by atoms with E-state index in [1.807, 2.05) is 6.08 Å². The van der Waals surface area contributed by atoms with Gasteiger partial charge in [0, 0.05) is 44.2 Å². The van der Waals surface area contributed by atoms with Crippen molar-refractivity contribution in [1.29, 1.82) is 0 Å². The van der Waals surface area contributed by atoms with Crippen LogP contribution < -0.4 is 0 Å². The Hall–Kier alpha value is -7.42. The molecule has 2 heteroatoms. The summed E-state index contributed by atoms with van der Waals surface area (Å²) in [6.45, 7) is 6.60. The third kappa shape index (κ3) is 5.65. The van der Waals surface area contributed by atoms with Gasteiger partial charge in [0.05, 0.1) is 22.2 Å². The van der Waals surface area contributed by atoms with Crippen LogP contribution in [0.4, 0.5) is 0 Å². The fourth-order valence-corrected chi connectivity index (χ4v) is 8.82. The van der Waals surface area contributed by atoms with Crippen molar-refractivity contribution in [2.45, 2.75) is 6.92 Å². The Kier molecular flexibility index (Phi) is 8.58. The van der Waals surface area contributed by atoms with Gasteiger partial charge in [0.25, 0.3) is 0 Å². The SMILES string of the molecule is C=Cc1c(/C=C\C)c2c(-c3ccccc3)c(-c3ccccc3)c3c(c4ccccc4n3-c3cccc(-c4ccccc4)c3)c2n1-c1cccc(-c2ccccc2)c1. The largest absolute Gasteiger partial charge is 0.309 e. The van der Waals surface area contributed by atoms with Crippen molar-refractivity contribution in [3.05, 3.63) is 218 Å². The first kappa shape index (κ1) is 34.1. The van der Waals surface area contributed by atoms with E-state index in [1.54, 1.807) is 0 Å². The first-order valence-corrected chi connectivity index (χ1v) is 19.6. The fraction of sp³-hybridized carbons (Fsp3) is 0.0182. The molecule has 57 heavy (non-hydrogen) atoms. The van der Waals surface area contributed by atoms with Crippen molar-refractivity contribution >= 4 is 44.9 Å². The van der Waals surface area contributed by atoms with Gasteiger partial charge in [-0.15, -0.1) is 0 Å². The summed E-state index contributed by atoms with van der Waals surface area (Å²) < 4.78 is 4.97. The predicted molar refractivity (Wildman–Crippen MR) is 244 cm³/mol. The lowest BCUT2D eigenvalue weighted by Gasteiger charge is -2.19. The summed E-state index contributed by atoms with van der Waals surface area (Å²) in [6, 6.07) is 70.1. The minimum atomic E-state index is 1.06.